The molecule has 2 aliphatic heterocycles. The number of nitrogens with one attached hydrogen (secondary N) is 1. The Morgan fingerprint density at radius 1 is 1.23 bits per heavy atom. The number of carbonyl (C=O) groups excluding carboxylic acids is 2. The second-order valence-electron chi connectivity index (χ2n) is 8.52. The van der Waals surface area contributed by atoms with Crippen molar-refractivity contribution in [1.29, 1.82) is 0 Å². The first-order valence-electron chi connectivity index (χ1n) is 10.8. The number of likely N-dealkylation sites (tertiary alicyclic amines) is 1. The largest absolute Gasteiger partial charge is 0.350 e. The molecule has 3 heterocycles. The number of aromatic nitrogens is 1. The Labute approximate surface area is 182 Å². The topological polar surface area (TPSA) is 62.3 Å². The predicted octanol–water partition coefficient (Wildman–Crippen LogP) is 4.46. The fourth-order valence-electron chi connectivity index (χ4n) is 4.81. The molecule has 2 fully saturated rings. The molecule has 4 rings (SSSR count). The summed E-state index contributed by atoms with van der Waals surface area (Å²) in [6.45, 7) is 0.787. The van der Waals surface area contributed by atoms with Gasteiger partial charge in [0, 0.05) is 42.3 Å². The van der Waals surface area contributed by atoms with Crippen LogP contribution >= 0.6 is 11.6 Å². The van der Waals surface area contributed by atoms with Crippen LogP contribution in [0.2, 0.25) is 5.02 Å². The highest BCUT2D eigenvalue weighted by Crippen LogP contribution is 2.34. The first-order chi connectivity index (χ1) is 14.5. The van der Waals surface area contributed by atoms with Crippen LogP contribution in [0.25, 0.3) is 0 Å². The molecule has 6 heteroatoms. The predicted molar refractivity (Wildman–Crippen MR) is 117 cm³/mol. The summed E-state index contributed by atoms with van der Waals surface area (Å²) >= 11 is 6.01. The maximum atomic E-state index is 13.2. The van der Waals surface area contributed by atoms with E-state index in [4.69, 9.17) is 11.6 Å². The number of nitrogens with zero attached hydrogens (tertiary/aromatic N) is 2. The molecule has 158 valence electrons. The summed E-state index contributed by atoms with van der Waals surface area (Å²) in [7, 11) is 0. The van der Waals surface area contributed by atoms with E-state index in [0.717, 1.165) is 49.8 Å². The van der Waals surface area contributed by atoms with Gasteiger partial charge in [0.1, 0.15) is 0 Å². The van der Waals surface area contributed by atoms with Crippen molar-refractivity contribution in [1.82, 2.24) is 15.2 Å². The molecular weight excluding hydrogens is 398 g/mol. The first-order valence-corrected chi connectivity index (χ1v) is 11.2. The summed E-state index contributed by atoms with van der Waals surface area (Å²) in [5.74, 6) is 0.239. The van der Waals surface area contributed by atoms with Gasteiger partial charge in [-0.3, -0.25) is 14.6 Å². The Bertz CT molecular complexity index is 887. The lowest BCUT2D eigenvalue weighted by atomic mass is 9.84. The molecule has 30 heavy (non-hydrogen) atoms. The van der Waals surface area contributed by atoms with Crippen molar-refractivity contribution in [2.45, 2.75) is 62.9 Å². The lowest BCUT2D eigenvalue weighted by Gasteiger charge is -2.37. The van der Waals surface area contributed by atoms with Gasteiger partial charge in [-0.15, -0.1) is 0 Å². The minimum atomic E-state index is -0.361. The van der Waals surface area contributed by atoms with Crippen LogP contribution in [-0.4, -0.2) is 33.8 Å². The zero-order valence-corrected chi connectivity index (χ0v) is 17.9. The monoisotopic (exact) mass is 425 g/mol. The Balaban J connectivity index is 1.45. The highest BCUT2D eigenvalue weighted by Gasteiger charge is 2.39. The minimum absolute atomic E-state index is 0.0719. The summed E-state index contributed by atoms with van der Waals surface area (Å²) in [6.07, 6.45) is 9.85. The summed E-state index contributed by atoms with van der Waals surface area (Å²) in [5, 5.41) is 3.88. The molecule has 2 atom stereocenters. The highest BCUT2D eigenvalue weighted by molar-refractivity contribution is 6.30. The van der Waals surface area contributed by atoms with Gasteiger partial charge >= 0.3 is 0 Å². The van der Waals surface area contributed by atoms with Crippen LogP contribution in [0.5, 0.6) is 0 Å². The fraction of sp³-hybridized carbons (Fsp3) is 0.458. The summed E-state index contributed by atoms with van der Waals surface area (Å²) in [6, 6.07) is 11.8. The van der Waals surface area contributed by atoms with E-state index < -0.39 is 0 Å². The van der Waals surface area contributed by atoms with Gasteiger partial charge in [-0.1, -0.05) is 29.8 Å². The van der Waals surface area contributed by atoms with Crippen molar-refractivity contribution >= 4 is 23.4 Å². The van der Waals surface area contributed by atoms with Crippen LogP contribution < -0.4 is 5.32 Å². The van der Waals surface area contributed by atoms with Gasteiger partial charge in [-0.05, 0) is 67.9 Å². The molecule has 0 spiro atoms. The quantitative estimate of drug-likeness (QED) is 0.743. The maximum Gasteiger partial charge on any atom is 0.223 e. The van der Waals surface area contributed by atoms with Crippen molar-refractivity contribution < 1.29 is 9.59 Å². The van der Waals surface area contributed by atoms with Gasteiger partial charge < -0.3 is 10.2 Å². The van der Waals surface area contributed by atoms with E-state index in [9.17, 15) is 9.59 Å². The van der Waals surface area contributed by atoms with Crippen LogP contribution in [0.3, 0.4) is 0 Å². The van der Waals surface area contributed by atoms with E-state index in [1.807, 2.05) is 41.4 Å². The SMILES string of the molecule is O=C1CC[C@@](CCC(=O)N2CCCC[C@@H]2c2cccnc2)(Cc2ccc(Cl)cc2)N1. The maximum absolute atomic E-state index is 13.2. The van der Waals surface area contributed by atoms with E-state index in [0.29, 0.717) is 24.3 Å². The molecule has 1 aromatic carbocycles. The molecular formula is C24H28ClN3O2. The van der Waals surface area contributed by atoms with Gasteiger partial charge in [0.2, 0.25) is 11.8 Å². The van der Waals surface area contributed by atoms with Gasteiger partial charge in [-0.25, -0.2) is 0 Å². The summed E-state index contributed by atoms with van der Waals surface area (Å²) < 4.78 is 0. The molecule has 2 aliphatic rings. The lowest BCUT2D eigenvalue weighted by molar-refractivity contribution is -0.135. The van der Waals surface area contributed by atoms with Crippen LogP contribution in [0.4, 0.5) is 0 Å². The number of carbonyl (C=O) groups is 2. The van der Waals surface area contributed by atoms with Crippen molar-refractivity contribution in [3.63, 3.8) is 0 Å². The van der Waals surface area contributed by atoms with E-state index in [2.05, 4.69) is 16.4 Å². The molecule has 1 N–H and O–H groups in total. The molecule has 0 radical (unpaired) electrons. The third-order valence-electron chi connectivity index (χ3n) is 6.40. The number of benzene rings is 1. The Morgan fingerprint density at radius 3 is 2.77 bits per heavy atom. The summed E-state index contributed by atoms with van der Waals surface area (Å²) in [4.78, 5) is 31.5. The second kappa shape index (κ2) is 9.17. The van der Waals surface area contributed by atoms with Gasteiger partial charge in [0.15, 0.2) is 0 Å². The van der Waals surface area contributed by atoms with Crippen LogP contribution in [0.1, 0.15) is 62.1 Å². The molecule has 2 saturated heterocycles. The van der Waals surface area contributed by atoms with Crippen LogP contribution in [0.15, 0.2) is 48.8 Å². The number of amides is 2. The fourth-order valence-corrected chi connectivity index (χ4v) is 4.94. The molecule has 1 aromatic heterocycles. The number of rotatable bonds is 6. The third-order valence-corrected chi connectivity index (χ3v) is 6.65. The minimum Gasteiger partial charge on any atom is -0.350 e. The summed E-state index contributed by atoms with van der Waals surface area (Å²) in [5.41, 5.74) is 1.87. The molecule has 5 nitrogen and oxygen atoms in total. The van der Waals surface area contributed by atoms with Crippen molar-refractivity contribution in [3.05, 3.63) is 64.9 Å². The molecule has 0 bridgehead atoms. The van der Waals surface area contributed by atoms with Crippen molar-refractivity contribution in [2.75, 3.05) is 6.54 Å². The second-order valence-corrected chi connectivity index (χ2v) is 8.95. The third kappa shape index (κ3) is 4.84. The van der Waals surface area contributed by atoms with E-state index in [1.54, 1.807) is 6.20 Å². The Kier molecular flexibility index (Phi) is 6.38. The van der Waals surface area contributed by atoms with E-state index in [1.165, 1.54) is 0 Å². The molecule has 2 amide bonds. The van der Waals surface area contributed by atoms with Crippen LogP contribution in [-0.2, 0) is 16.0 Å². The van der Waals surface area contributed by atoms with Gasteiger partial charge in [0.05, 0.1) is 6.04 Å². The number of hydrogen-bond donors (Lipinski definition) is 1. The standard InChI is InChI=1S/C24H28ClN3O2/c25-20-8-6-18(7-9-20)16-24(12-10-22(29)27-24)13-11-23(30)28-15-2-1-5-21(28)19-4-3-14-26-17-19/h3-4,6-9,14,17,21H,1-2,5,10-13,15-16H2,(H,27,29)/t21-,24-/m1/s1. The van der Waals surface area contributed by atoms with Gasteiger partial charge in [-0.2, -0.15) is 0 Å². The Hall–Kier alpha value is -2.40. The normalized spacial score (nSPS) is 24.0. The highest BCUT2D eigenvalue weighted by atomic mass is 35.5. The molecule has 2 aromatic rings. The zero-order valence-electron chi connectivity index (χ0n) is 17.1. The number of hydrogen-bond acceptors (Lipinski definition) is 3. The zero-order chi connectivity index (χ0) is 21.0. The van der Waals surface area contributed by atoms with E-state index in [-0.39, 0.29) is 23.4 Å². The lowest BCUT2D eigenvalue weighted by Crippen LogP contribution is -2.45. The first kappa shape index (κ1) is 20.9. The van der Waals surface area contributed by atoms with Crippen molar-refractivity contribution in [2.24, 2.45) is 0 Å². The average molecular weight is 426 g/mol. The molecule has 0 unspecified atom stereocenters. The molecule has 0 saturated carbocycles. The number of halogens is 1. The van der Waals surface area contributed by atoms with Gasteiger partial charge in [0.25, 0.3) is 0 Å². The number of piperidine rings is 1. The Morgan fingerprint density at radius 2 is 2.07 bits per heavy atom. The van der Waals surface area contributed by atoms with E-state index >= 15 is 0 Å². The number of pyridine rings is 1. The molecule has 0 aliphatic carbocycles. The van der Waals surface area contributed by atoms with Crippen LogP contribution in [0, 0.1) is 0 Å². The smallest absolute Gasteiger partial charge is 0.223 e. The average Bonchev–Trinajstić information content (AvgIpc) is 3.15. The van der Waals surface area contributed by atoms with Crippen molar-refractivity contribution in [3.8, 4) is 0 Å².